The van der Waals surface area contributed by atoms with E-state index >= 15 is 0 Å². The van der Waals surface area contributed by atoms with Crippen molar-refractivity contribution in [3.8, 4) is 0 Å². The number of hydrogen-bond acceptors (Lipinski definition) is 3. The first-order chi connectivity index (χ1) is 9.07. The molecule has 3 N–H and O–H groups in total. The van der Waals surface area contributed by atoms with Crippen molar-refractivity contribution in [2.24, 2.45) is 5.73 Å². The second kappa shape index (κ2) is 11.8. The van der Waals surface area contributed by atoms with Crippen LogP contribution in [0, 0.1) is 0 Å². The Morgan fingerprint density at radius 1 is 1.05 bits per heavy atom. The van der Waals surface area contributed by atoms with Gasteiger partial charge in [0.15, 0.2) is 6.10 Å². The van der Waals surface area contributed by atoms with Crippen LogP contribution >= 0.6 is 0 Å². The zero-order valence-electron chi connectivity index (χ0n) is 12.2. The number of ether oxygens (including phenoxy) is 1. The van der Waals surface area contributed by atoms with Crippen LogP contribution < -0.4 is 11.1 Å². The zero-order chi connectivity index (χ0) is 14.5. The van der Waals surface area contributed by atoms with Gasteiger partial charge in [-0.3, -0.25) is 4.79 Å². The Balaban J connectivity index is 3.30. The van der Waals surface area contributed by atoms with Gasteiger partial charge in [-0.2, -0.15) is 0 Å². The van der Waals surface area contributed by atoms with Crippen LogP contribution in [0.25, 0.3) is 0 Å². The number of primary amides is 1. The molecule has 0 spiro atoms. The predicted molar refractivity (Wildman–Crippen MR) is 75.8 cm³/mol. The number of nitrogens with two attached hydrogens (primary N) is 1. The molecule has 0 bridgehead atoms. The Bertz CT molecular complexity index is 257. The molecule has 0 fully saturated rings. The second-order valence-corrected chi connectivity index (χ2v) is 4.85. The first-order valence-corrected chi connectivity index (χ1v) is 7.31. The minimum atomic E-state index is -0.876. The van der Waals surface area contributed by atoms with Crippen molar-refractivity contribution in [3.63, 3.8) is 0 Å². The van der Waals surface area contributed by atoms with Gasteiger partial charge in [-0.15, -0.1) is 0 Å². The molecule has 0 aromatic heterocycles. The Morgan fingerprint density at radius 3 is 2.11 bits per heavy atom. The third kappa shape index (κ3) is 11.6. The van der Waals surface area contributed by atoms with Crippen molar-refractivity contribution < 1.29 is 14.3 Å². The van der Waals surface area contributed by atoms with Gasteiger partial charge in [0, 0.05) is 6.54 Å². The van der Waals surface area contributed by atoms with E-state index in [1.807, 2.05) is 0 Å². The number of amides is 2. The summed E-state index contributed by atoms with van der Waals surface area (Å²) in [4.78, 5) is 21.9. The zero-order valence-corrected chi connectivity index (χ0v) is 12.2. The Hall–Kier alpha value is -1.26. The normalized spacial score (nSPS) is 11.9. The molecule has 0 aliphatic rings. The highest BCUT2D eigenvalue weighted by molar-refractivity contribution is 5.81. The van der Waals surface area contributed by atoms with Crippen molar-refractivity contribution >= 4 is 12.0 Å². The molecular formula is C14H28N2O3. The third-order valence-corrected chi connectivity index (χ3v) is 2.98. The fourth-order valence-corrected chi connectivity index (χ4v) is 1.71. The first kappa shape index (κ1) is 17.7. The lowest BCUT2D eigenvalue weighted by molar-refractivity contribution is -0.125. The fraction of sp³-hybridized carbons (Fsp3) is 0.857. The molecule has 0 heterocycles. The van der Waals surface area contributed by atoms with Crippen LogP contribution in [0.4, 0.5) is 4.79 Å². The number of carbonyl (C=O) groups excluding carboxylic acids is 2. The average Bonchev–Trinajstić information content (AvgIpc) is 2.36. The molecule has 19 heavy (non-hydrogen) atoms. The van der Waals surface area contributed by atoms with E-state index in [9.17, 15) is 9.59 Å². The molecule has 1 unspecified atom stereocenters. The van der Waals surface area contributed by atoms with Crippen molar-refractivity contribution in [1.29, 1.82) is 0 Å². The highest BCUT2D eigenvalue weighted by atomic mass is 16.6. The summed E-state index contributed by atoms with van der Waals surface area (Å²) in [7, 11) is 0. The number of hydrogen-bond donors (Lipinski definition) is 2. The molecule has 0 saturated heterocycles. The average molecular weight is 272 g/mol. The van der Waals surface area contributed by atoms with E-state index in [0.717, 1.165) is 12.8 Å². The Labute approximate surface area is 116 Å². The number of rotatable bonds is 11. The minimum Gasteiger partial charge on any atom is -0.436 e. The second-order valence-electron chi connectivity index (χ2n) is 4.85. The van der Waals surface area contributed by atoms with E-state index < -0.39 is 18.1 Å². The summed E-state index contributed by atoms with van der Waals surface area (Å²) < 4.78 is 4.76. The van der Waals surface area contributed by atoms with Gasteiger partial charge in [0.1, 0.15) is 0 Å². The van der Waals surface area contributed by atoms with Crippen LogP contribution in [0.5, 0.6) is 0 Å². The minimum absolute atomic E-state index is 0.575. The monoisotopic (exact) mass is 272 g/mol. The lowest BCUT2D eigenvalue weighted by Crippen LogP contribution is -2.35. The number of unbranched alkanes of at least 4 members (excludes halogenated alkanes) is 7. The van der Waals surface area contributed by atoms with E-state index in [4.69, 9.17) is 10.5 Å². The smallest absolute Gasteiger partial charge is 0.407 e. The molecular weight excluding hydrogens is 244 g/mol. The van der Waals surface area contributed by atoms with E-state index in [1.54, 1.807) is 0 Å². The standard InChI is InChI=1S/C14H28N2O3/c1-3-4-5-6-7-8-9-10-11-16-14(18)19-12(2)13(15)17/h12H,3-11H2,1-2H3,(H2,15,17)(H,16,18). The van der Waals surface area contributed by atoms with Gasteiger partial charge in [0.2, 0.25) is 0 Å². The summed E-state index contributed by atoms with van der Waals surface area (Å²) in [6, 6.07) is 0. The molecule has 0 radical (unpaired) electrons. The Morgan fingerprint density at radius 2 is 1.58 bits per heavy atom. The maximum Gasteiger partial charge on any atom is 0.407 e. The summed E-state index contributed by atoms with van der Waals surface area (Å²) in [6.07, 6.45) is 8.30. The third-order valence-electron chi connectivity index (χ3n) is 2.98. The van der Waals surface area contributed by atoms with Crippen LogP contribution in [-0.4, -0.2) is 24.6 Å². The van der Waals surface area contributed by atoms with Gasteiger partial charge in [-0.25, -0.2) is 4.79 Å². The summed E-state index contributed by atoms with van der Waals surface area (Å²) >= 11 is 0. The van der Waals surface area contributed by atoms with Gasteiger partial charge in [-0.05, 0) is 13.3 Å². The van der Waals surface area contributed by atoms with Crippen molar-refractivity contribution in [2.45, 2.75) is 71.3 Å². The van der Waals surface area contributed by atoms with E-state index in [2.05, 4.69) is 12.2 Å². The molecule has 0 aliphatic carbocycles. The van der Waals surface area contributed by atoms with Crippen molar-refractivity contribution in [1.82, 2.24) is 5.32 Å². The molecule has 112 valence electrons. The molecule has 5 heteroatoms. The van der Waals surface area contributed by atoms with Crippen molar-refractivity contribution in [3.05, 3.63) is 0 Å². The summed E-state index contributed by atoms with van der Waals surface area (Å²) in [6.45, 7) is 4.25. The van der Waals surface area contributed by atoms with E-state index in [1.165, 1.54) is 45.4 Å². The lowest BCUT2D eigenvalue weighted by Gasteiger charge is -2.10. The van der Waals surface area contributed by atoms with Crippen LogP contribution in [0.15, 0.2) is 0 Å². The number of nitrogens with one attached hydrogen (secondary N) is 1. The first-order valence-electron chi connectivity index (χ1n) is 7.31. The largest absolute Gasteiger partial charge is 0.436 e. The van der Waals surface area contributed by atoms with Crippen LogP contribution in [0.3, 0.4) is 0 Å². The van der Waals surface area contributed by atoms with Gasteiger partial charge in [-0.1, -0.05) is 51.9 Å². The highest BCUT2D eigenvalue weighted by Gasteiger charge is 2.13. The van der Waals surface area contributed by atoms with Crippen LogP contribution in [-0.2, 0) is 9.53 Å². The summed E-state index contributed by atoms with van der Waals surface area (Å²) in [5, 5.41) is 2.61. The highest BCUT2D eigenvalue weighted by Crippen LogP contribution is 2.07. The topological polar surface area (TPSA) is 81.4 Å². The quantitative estimate of drug-likeness (QED) is 0.567. The Kier molecular flexibility index (Phi) is 11.0. The molecule has 5 nitrogen and oxygen atoms in total. The molecule has 1 atom stereocenters. The molecule has 0 rings (SSSR count). The van der Waals surface area contributed by atoms with Gasteiger partial charge >= 0.3 is 6.09 Å². The maximum absolute atomic E-state index is 11.2. The van der Waals surface area contributed by atoms with Crippen LogP contribution in [0.2, 0.25) is 0 Å². The van der Waals surface area contributed by atoms with Gasteiger partial charge < -0.3 is 15.8 Å². The summed E-state index contributed by atoms with van der Waals surface area (Å²) in [5.41, 5.74) is 4.98. The van der Waals surface area contributed by atoms with E-state index in [0.29, 0.717) is 6.54 Å². The molecule has 0 aliphatic heterocycles. The molecule has 0 aromatic rings. The van der Waals surface area contributed by atoms with Gasteiger partial charge in [0.05, 0.1) is 0 Å². The number of carbonyl (C=O) groups is 2. The van der Waals surface area contributed by atoms with E-state index in [-0.39, 0.29) is 0 Å². The molecule has 0 saturated carbocycles. The van der Waals surface area contributed by atoms with Crippen molar-refractivity contribution in [2.75, 3.05) is 6.54 Å². The number of alkyl carbamates (subject to hydrolysis) is 1. The predicted octanol–water partition coefficient (Wildman–Crippen LogP) is 2.73. The molecule has 0 aromatic carbocycles. The SMILES string of the molecule is CCCCCCCCCCNC(=O)OC(C)C(N)=O. The summed E-state index contributed by atoms with van der Waals surface area (Å²) in [5.74, 6) is -0.637. The van der Waals surface area contributed by atoms with Gasteiger partial charge in [0.25, 0.3) is 5.91 Å². The van der Waals surface area contributed by atoms with Crippen LogP contribution in [0.1, 0.15) is 65.2 Å². The maximum atomic E-state index is 11.2. The molecule has 2 amide bonds. The lowest BCUT2D eigenvalue weighted by atomic mass is 10.1. The fourth-order valence-electron chi connectivity index (χ4n) is 1.71.